The van der Waals surface area contributed by atoms with Crippen molar-refractivity contribution < 1.29 is 18.3 Å². The fourth-order valence-electron chi connectivity index (χ4n) is 1.28. The average Bonchev–Trinajstić information content (AvgIpc) is 2.36. The summed E-state index contributed by atoms with van der Waals surface area (Å²) in [5, 5.41) is 8.99. The second-order valence-electron chi connectivity index (χ2n) is 3.73. The first-order chi connectivity index (χ1) is 7.93. The van der Waals surface area contributed by atoms with E-state index in [0.29, 0.717) is 5.75 Å². The van der Waals surface area contributed by atoms with Crippen LogP contribution in [0.2, 0.25) is 0 Å². The molecular formula is C11H17NO4S. The summed E-state index contributed by atoms with van der Waals surface area (Å²) in [7, 11) is -0.671. The van der Waals surface area contributed by atoms with Crippen LogP contribution in [0, 0.1) is 0 Å². The van der Waals surface area contributed by atoms with E-state index in [0.717, 1.165) is 4.31 Å². The molecule has 6 heteroatoms. The molecule has 0 heterocycles. The molecule has 0 aliphatic heterocycles. The van der Waals surface area contributed by atoms with Crippen molar-refractivity contribution in [3.63, 3.8) is 0 Å². The Labute approximate surface area is 102 Å². The highest BCUT2D eigenvalue weighted by Crippen LogP contribution is 2.21. The Bertz CT molecular complexity index is 472. The van der Waals surface area contributed by atoms with Gasteiger partial charge in [-0.15, -0.1) is 0 Å². The number of nitrogens with zero attached hydrogens (tertiary/aromatic N) is 1. The number of hydrogen-bond donors (Lipinski definition) is 1. The zero-order valence-electron chi connectivity index (χ0n) is 10.1. The van der Waals surface area contributed by atoms with Crippen LogP contribution in [0.25, 0.3) is 0 Å². The van der Waals surface area contributed by atoms with Crippen molar-refractivity contribution in [1.29, 1.82) is 0 Å². The molecular weight excluding hydrogens is 242 g/mol. The lowest BCUT2D eigenvalue weighted by molar-refractivity contribution is 0.214. The minimum atomic E-state index is -3.59. The summed E-state index contributed by atoms with van der Waals surface area (Å²) in [6.07, 6.45) is 0. The van der Waals surface area contributed by atoms with Gasteiger partial charge in [-0.05, 0) is 19.1 Å². The standard InChI is InChI=1S/C11H17NO4S/c1-9(8-13)12(2)17(14,15)11-6-4-5-10(7-11)16-3/h4-7,9,13H,8H2,1-3H3. The summed E-state index contributed by atoms with van der Waals surface area (Å²) in [6.45, 7) is 1.41. The maximum Gasteiger partial charge on any atom is 0.243 e. The molecule has 1 aromatic carbocycles. The van der Waals surface area contributed by atoms with Gasteiger partial charge in [-0.25, -0.2) is 8.42 Å². The number of benzene rings is 1. The van der Waals surface area contributed by atoms with E-state index in [2.05, 4.69) is 0 Å². The molecule has 0 aromatic heterocycles. The van der Waals surface area contributed by atoms with Crippen LogP contribution in [-0.2, 0) is 10.0 Å². The van der Waals surface area contributed by atoms with E-state index in [1.807, 2.05) is 0 Å². The zero-order valence-corrected chi connectivity index (χ0v) is 10.9. The summed E-state index contributed by atoms with van der Waals surface area (Å²) in [4.78, 5) is 0.152. The van der Waals surface area contributed by atoms with Gasteiger partial charge in [-0.1, -0.05) is 6.07 Å². The Kier molecular flexibility index (Phi) is 4.50. The quantitative estimate of drug-likeness (QED) is 0.845. The van der Waals surface area contributed by atoms with Gasteiger partial charge >= 0.3 is 0 Å². The Morgan fingerprint density at radius 2 is 2.12 bits per heavy atom. The normalized spacial score (nSPS) is 13.7. The predicted molar refractivity (Wildman–Crippen MR) is 64.5 cm³/mol. The lowest BCUT2D eigenvalue weighted by atomic mass is 10.3. The second kappa shape index (κ2) is 5.48. The van der Waals surface area contributed by atoms with Gasteiger partial charge in [0.1, 0.15) is 5.75 Å². The number of aliphatic hydroxyl groups excluding tert-OH is 1. The highest BCUT2D eigenvalue weighted by molar-refractivity contribution is 7.89. The van der Waals surface area contributed by atoms with E-state index in [-0.39, 0.29) is 11.5 Å². The summed E-state index contributed by atoms with van der Waals surface area (Å²) in [6, 6.07) is 5.78. The van der Waals surface area contributed by atoms with Gasteiger partial charge in [0.2, 0.25) is 10.0 Å². The molecule has 1 atom stereocenters. The van der Waals surface area contributed by atoms with Crippen LogP contribution >= 0.6 is 0 Å². The van der Waals surface area contributed by atoms with Crippen molar-refractivity contribution in [2.75, 3.05) is 20.8 Å². The third-order valence-corrected chi connectivity index (χ3v) is 4.57. The van der Waals surface area contributed by atoms with E-state index < -0.39 is 16.1 Å². The van der Waals surface area contributed by atoms with Crippen molar-refractivity contribution in [1.82, 2.24) is 4.31 Å². The molecule has 5 nitrogen and oxygen atoms in total. The van der Waals surface area contributed by atoms with Gasteiger partial charge in [0.15, 0.2) is 0 Å². The van der Waals surface area contributed by atoms with Gasteiger partial charge in [-0.2, -0.15) is 4.31 Å². The average molecular weight is 259 g/mol. The number of likely N-dealkylation sites (N-methyl/N-ethyl adjacent to an activating group) is 1. The maximum absolute atomic E-state index is 12.2. The first-order valence-corrected chi connectivity index (χ1v) is 6.60. The second-order valence-corrected chi connectivity index (χ2v) is 5.73. The zero-order chi connectivity index (χ0) is 13.1. The fraction of sp³-hybridized carbons (Fsp3) is 0.455. The van der Waals surface area contributed by atoms with Crippen molar-refractivity contribution in [2.24, 2.45) is 0 Å². The van der Waals surface area contributed by atoms with Crippen molar-refractivity contribution in [2.45, 2.75) is 17.9 Å². The molecule has 0 saturated carbocycles. The molecule has 0 spiro atoms. The summed E-state index contributed by atoms with van der Waals surface area (Å²) >= 11 is 0. The Hall–Kier alpha value is -1.11. The lowest BCUT2D eigenvalue weighted by Crippen LogP contribution is -2.37. The van der Waals surface area contributed by atoms with Crippen LogP contribution in [0.1, 0.15) is 6.92 Å². The van der Waals surface area contributed by atoms with Crippen LogP contribution in [0.5, 0.6) is 5.75 Å². The molecule has 0 aliphatic carbocycles. The molecule has 0 bridgehead atoms. The topological polar surface area (TPSA) is 66.8 Å². The molecule has 0 saturated heterocycles. The van der Waals surface area contributed by atoms with Crippen LogP contribution in [0.4, 0.5) is 0 Å². The largest absolute Gasteiger partial charge is 0.497 e. The van der Waals surface area contributed by atoms with E-state index in [4.69, 9.17) is 9.84 Å². The molecule has 96 valence electrons. The minimum Gasteiger partial charge on any atom is -0.497 e. The Balaban J connectivity index is 3.12. The molecule has 1 rings (SSSR count). The van der Waals surface area contributed by atoms with Gasteiger partial charge in [0.05, 0.1) is 18.6 Å². The molecule has 1 N–H and O–H groups in total. The number of aliphatic hydroxyl groups is 1. The summed E-state index contributed by atoms with van der Waals surface area (Å²) in [5.41, 5.74) is 0. The van der Waals surface area contributed by atoms with Gasteiger partial charge < -0.3 is 9.84 Å². The number of methoxy groups -OCH3 is 1. The van der Waals surface area contributed by atoms with E-state index >= 15 is 0 Å². The van der Waals surface area contributed by atoms with Crippen LogP contribution in [-0.4, -0.2) is 44.6 Å². The Morgan fingerprint density at radius 3 is 2.65 bits per heavy atom. The maximum atomic E-state index is 12.2. The van der Waals surface area contributed by atoms with Gasteiger partial charge in [0.25, 0.3) is 0 Å². The van der Waals surface area contributed by atoms with Gasteiger partial charge in [0, 0.05) is 19.2 Å². The number of sulfonamides is 1. The molecule has 1 unspecified atom stereocenters. The van der Waals surface area contributed by atoms with Crippen molar-refractivity contribution >= 4 is 10.0 Å². The number of hydrogen-bond acceptors (Lipinski definition) is 4. The SMILES string of the molecule is COc1cccc(S(=O)(=O)N(C)C(C)CO)c1. The number of ether oxygens (including phenoxy) is 1. The highest BCUT2D eigenvalue weighted by atomic mass is 32.2. The first kappa shape index (κ1) is 14.0. The highest BCUT2D eigenvalue weighted by Gasteiger charge is 2.25. The molecule has 0 fully saturated rings. The summed E-state index contributed by atoms with van der Waals surface area (Å²) in [5.74, 6) is 0.483. The lowest BCUT2D eigenvalue weighted by Gasteiger charge is -2.22. The molecule has 17 heavy (non-hydrogen) atoms. The van der Waals surface area contributed by atoms with E-state index in [1.54, 1.807) is 19.1 Å². The van der Waals surface area contributed by atoms with Crippen LogP contribution < -0.4 is 4.74 Å². The third kappa shape index (κ3) is 2.96. The minimum absolute atomic E-state index is 0.152. The van der Waals surface area contributed by atoms with Gasteiger partial charge in [-0.3, -0.25) is 0 Å². The first-order valence-electron chi connectivity index (χ1n) is 5.16. The Morgan fingerprint density at radius 1 is 1.47 bits per heavy atom. The van der Waals surface area contributed by atoms with Crippen molar-refractivity contribution in [3.8, 4) is 5.75 Å². The molecule has 1 aromatic rings. The van der Waals surface area contributed by atoms with E-state index in [9.17, 15) is 8.42 Å². The predicted octanol–water partition coefficient (Wildman–Crippen LogP) is 0.696. The monoisotopic (exact) mass is 259 g/mol. The van der Waals surface area contributed by atoms with Crippen molar-refractivity contribution in [3.05, 3.63) is 24.3 Å². The third-order valence-electron chi connectivity index (χ3n) is 2.60. The smallest absolute Gasteiger partial charge is 0.243 e. The molecule has 0 radical (unpaired) electrons. The molecule has 0 aliphatic rings. The van der Waals surface area contributed by atoms with Crippen LogP contribution in [0.15, 0.2) is 29.2 Å². The molecule has 0 amide bonds. The fourth-order valence-corrected chi connectivity index (χ4v) is 2.67. The summed E-state index contributed by atoms with van der Waals surface area (Å²) < 4.78 is 30.4. The number of rotatable bonds is 5. The van der Waals surface area contributed by atoms with E-state index in [1.165, 1.54) is 26.3 Å². The van der Waals surface area contributed by atoms with Crippen LogP contribution in [0.3, 0.4) is 0 Å².